The molecule has 1 fully saturated rings. The van der Waals surface area contributed by atoms with Crippen LogP contribution in [0.2, 0.25) is 0 Å². The first kappa shape index (κ1) is 13.2. The predicted molar refractivity (Wildman–Crippen MR) is 70.5 cm³/mol. The molecule has 1 unspecified atom stereocenters. The van der Waals surface area contributed by atoms with Crippen molar-refractivity contribution in [2.75, 3.05) is 33.9 Å². The van der Waals surface area contributed by atoms with E-state index >= 15 is 0 Å². The molecular weight excluding hydrogens is 230 g/mol. The molecule has 0 bridgehead atoms. The Bertz CT molecular complexity index is 375. The van der Waals surface area contributed by atoms with Crippen molar-refractivity contribution >= 4 is 0 Å². The summed E-state index contributed by atoms with van der Waals surface area (Å²) in [4.78, 5) is 0. The SMILES string of the molecule is CNCCc1cccc(OC2CCOC2)c1OC. The van der Waals surface area contributed by atoms with Crippen LogP contribution in [0.1, 0.15) is 12.0 Å². The van der Waals surface area contributed by atoms with Crippen LogP contribution < -0.4 is 14.8 Å². The standard InChI is InChI=1S/C14H21NO3/c1-15-8-6-11-4-3-5-13(14(11)16-2)18-12-7-9-17-10-12/h3-5,12,15H,6-10H2,1-2H3. The molecule has 1 aromatic rings. The Morgan fingerprint density at radius 2 is 2.33 bits per heavy atom. The van der Waals surface area contributed by atoms with E-state index in [1.54, 1.807) is 7.11 Å². The van der Waals surface area contributed by atoms with E-state index in [1.165, 1.54) is 5.56 Å². The highest BCUT2D eigenvalue weighted by atomic mass is 16.6. The Balaban J connectivity index is 2.12. The van der Waals surface area contributed by atoms with Crippen molar-refractivity contribution in [1.82, 2.24) is 5.32 Å². The Labute approximate surface area is 108 Å². The number of benzene rings is 1. The number of ether oxygens (including phenoxy) is 3. The second-order valence-corrected chi connectivity index (χ2v) is 4.41. The lowest BCUT2D eigenvalue weighted by molar-refractivity contribution is 0.138. The molecule has 2 rings (SSSR count). The highest BCUT2D eigenvalue weighted by Crippen LogP contribution is 2.32. The van der Waals surface area contributed by atoms with Gasteiger partial charge in [-0.2, -0.15) is 0 Å². The lowest BCUT2D eigenvalue weighted by Gasteiger charge is -2.17. The minimum absolute atomic E-state index is 0.151. The van der Waals surface area contributed by atoms with E-state index in [4.69, 9.17) is 14.2 Å². The molecule has 18 heavy (non-hydrogen) atoms. The van der Waals surface area contributed by atoms with Gasteiger partial charge in [-0.05, 0) is 31.6 Å². The van der Waals surface area contributed by atoms with Crippen LogP contribution in [0.5, 0.6) is 11.5 Å². The summed E-state index contributed by atoms with van der Waals surface area (Å²) in [6, 6.07) is 6.05. The second kappa shape index (κ2) is 6.61. The quantitative estimate of drug-likeness (QED) is 0.834. The molecule has 0 radical (unpaired) electrons. The van der Waals surface area contributed by atoms with Crippen LogP contribution in [0.15, 0.2) is 18.2 Å². The van der Waals surface area contributed by atoms with Crippen LogP contribution in [0.4, 0.5) is 0 Å². The smallest absolute Gasteiger partial charge is 0.163 e. The monoisotopic (exact) mass is 251 g/mol. The van der Waals surface area contributed by atoms with Crippen molar-refractivity contribution in [3.05, 3.63) is 23.8 Å². The third-order valence-electron chi connectivity index (χ3n) is 3.09. The molecule has 0 aliphatic carbocycles. The fraction of sp³-hybridized carbons (Fsp3) is 0.571. The topological polar surface area (TPSA) is 39.7 Å². The summed E-state index contributed by atoms with van der Waals surface area (Å²) in [5, 5.41) is 3.14. The van der Waals surface area contributed by atoms with Gasteiger partial charge in [-0.1, -0.05) is 12.1 Å². The molecule has 1 aromatic carbocycles. The van der Waals surface area contributed by atoms with Crippen LogP contribution in [0, 0.1) is 0 Å². The summed E-state index contributed by atoms with van der Waals surface area (Å²) in [5.41, 5.74) is 1.17. The van der Waals surface area contributed by atoms with Crippen molar-refractivity contribution in [2.45, 2.75) is 18.9 Å². The first-order chi connectivity index (χ1) is 8.85. The number of para-hydroxylation sites is 1. The molecule has 1 N–H and O–H groups in total. The van der Waals surface area contributed by atoms with E-state index in [1.807, 2.05) is 19.2 Å². The molecule has 1 heterocycles. The maximum Gasteiger partial charge on any atom is 0.163 e. The van der Waals surface area contributed by atoms with Crippen molar-refractivity contribution < 1.29 is 14.2 Å². The van der Waals surface area contributed by atoms with Crippen LogP contribution in [0.25, 0.3) is 0 Å². The highest BCUT2D eigenvalue weighted by molar-refractivity contribution is 5.47. The van der Waals surface area contributed by atoms with Crippen LogP contribution in [0.3, 0.4) is 0 Å². The third kappa shape index (κ3) is 3.15. The fourth-order valence-corrected chi connectivity index (χ4v) is 2.13. The van der Waals surface area contributed by atoms with Gasteiger partial charge in [0.15, 0.2) is 11.5 Å². The molecule has 0 amide bonds. The summed E-state index contributed by atoms with van der Waals surface area (Å²) in [6.07, 6.45) is 2.03. The average Bonchev–Trinajstić information content (AvgIpc) is 2.89. The zero-order valence-electron chi connectivity index (χ0n) is 11.1. The number of hydrogen-bond acceptors (Lipinski definition) is 4. The Morgan fingerprint density at radius 1 is 1.44 bits per heavy atom. The zero-order valence-corrected chi connectivity index (χ0v) is 11.1. The fourth-order valence-electron chi connectivity index (χ4n) is 2.13. The van der Waals surface area contributed by atoms with Gasteiger partial charge in [0.05, 0.1) is 20.3 Å². The second-order valence-electron chi connectivity index (χ2n) is 4.41. The van der Waals surface area contributed by atoms with Crippen molar-refractivity contribution in [2.24, 2.45) is 0 Å². The number of hydrogen-bond donors (Lipinski definition) is 1. The van der Waals surface area contributed by atoms with Gasteiger partial charge < -0.3 is 19.5 Å². The molecule has 1 atom stereocenters. The van der Waals surface area contributed by atoms with E-state index < -0.39 is 0 Å². The summed E-state index contributed by atoms with van der Waals surface area (Å²) in [6.45, 7) is 2.38. The number of rotatable bonds is 6. The zero-order chi connectivity index (χ0) is 12.8. The van der Waals surface area contributed by atoms with Gasteiger partial charge in [0.1, 0.15) is 6.10 Å². The van der Waals surface area contributed by atoms with E-state index in [0.29, 0.717) is 6.61 Å². The third-order valence-corrected chi connectivity index (χ3v) is 3.09. The lowest BCUT2D eigenvalue weighted by atomic mass is 10.1. The van der Waals surface area contributed by atoms with Crippen LogP contribution in [-0.4, -0.2) is 40.0 Å². The molecule has 4 heteroatoms. The van der Waals surface area contributed by atoms with E-state index in [-0.39, 0.29) is 6.10 Å². The van der Waals surface area contributed by atoms with Gasteiger partial charge in [-0.25, -0.2) is 0 Å². The van der Waals surface area contributed by atoms with Crippen molar-refractivity contribution in [3.63, 3.8) is 0 Å². The first-order valence-electron chi connectivity index (χ1n) is 6.40. The molecule has 1 saturated heterocycles. The van der Waals surface area contributed by atoms with Gasteiger partial charge in [-0.15, -0.1) is 0 Å². The molecule has 0 spiro atoms. The molecular formula is C14H21NO3. The number of likely N-dealkylation sites (N-methyl/N-ethyl adjacent to an activating group) is 1. The molecule has 4 nitrogen and oxygen atoms in total. The van der Waals surface area contributed by atoms with E-state index in [2.05, 4.69) is 11.4 Å². The van der Waals surface area contributed by atoms with Gasteiger partial charge in [-0.3, -0.25) is 0 Å². The maximum atomic E-state index is 5.95. The summed E-state index contributed by atoms with van der Waals surface area (Å²) >= 11 is 0. The van der Waals surface area contributed by atoms with Crippen LogP contribution in [-0.2, 0) is 11.2 Å². The first-order valence-corrected chi connectivity index (χ1v) is 6.40. The molecule has 0 aromatic heterocycles. The maximum absolute atomic E-state index is 5.95. The Hall–Kier alpha value is -1.26. The van der Waals surface area contributed by atoms with Crippen LogP contribution >= 0.6 is 0 Å². The van der Waals surface area contributed by atoms with E-state index in [0.717, 1.165) is 37.5 Å². The van der Waals surface area contributed by atoms with Gasteiger partial charge in [0.25, 0.3) is 0 Å². The minimum Gasteiger partial charge on any atom is -0.493 e. The number of methoxy groups -OCH3 is 1. The Kier molecular flexibility index (Phi) is 4.84. The van der Waals surface area contributed by atoms with Crippen molar-refractivity contribution in [3.8, 4) is 11.5 Å². The van der Waals surface area contributed by atoms with Gasteiger partial charge >= 0.3 is 0 Å². The number of nitrogens with one attached hydrogen (secondary N) is 1. The predicted octanol–water partition coefficient (Wildman–Crippen LogP) is 1.62. The van der Waals surface area contributed by atoms with Gasteiger partial charge in [0.2, 0.25) is 0 Å². The van der Waals surface area contributed by atoms with Crippen molar-refractivity contribution in [1.29, 1.82) is 0 Å². The average molecular weight is 251 g/mol. The Morgan fingerprint density at radius 3 is 3.00 bits per heavy atom. The van der Waals surface area contributed by atoms with E-state index in [9.17, 15) is 0 Å². The summed E-state index contributed by atoms with van der Waals surface area (Å²) < 4.78 is 16.8. The molecule has 1 aliphatic rings. The van der Waals surface area contributed by atoms with Gasteiger partial charge in [0, 0.05) is 6.42 Å². The summed E-state index contributed by atoms with van der Waals surface area (Å²) in [5.74, 6) is 1.67. The minimum atomic E-state index is 0.151. The highest BCUT2D eigenvalue weighted by Gasteiger charge is 2.19. The largest absolute Gasteiger partial charge is 0.493 e. The lowest BCUT2D eigenvalue weighted by Crippen LogP contribution is -2.17. The molecule has 1 aliphatic heterocycles. The molecule has 100 valence electrons. The normalized spacial score (nSPS) is 18.9. The summed E-state index contributed by atoms with van der Waals surface area (Å²) in [7, 11) is 3.64. The molecule has 0 saturated carbocycles.